The number of amides is 1. The van der Waals surface area contributed by atoms with Crippen molar-refractivity contribution >= 4 is 45.0 Å². The van der Waals surface area contributed by atoms with Crippen LogP contribution >= 0.6 is 22.9 Å². The minimum Gasteiger partial charge on any atom is -0.480 e. The van der Waals surface area contributed by atoms with E-state index in [9.17, 15) is 14.7 Å². The molecule has 0 bridgehead atoms. The molecule has 1 aromatic heterocycles. The zero-order chi connectivity index (χ0) is 18.1. The van der Waals surface area contributed by atoms with Gasteiger partial charge >= 0.3 is 5.97 Å². The first kappa shape index (κ1) is 17.4. The molecule has 0 fully saturated rings. The van der Waals surface area contributed by atoms with Gasteiger partial charge in [0.1, 0.15) is 6.04 Å². The third kappa shape index (κ3) is 3.50. The predicted molar refractivity (Wildman–Crippen MR) is 98.2 cm³/mol. The van der Waals surface area contributed by atoms with Gasteiger partial charge in [-0.1, -0.05) is 40.6 Å². The molecule has 0 aliphatic rings. The number of rotatable bonds is 3. The number of hydrogen-bond donors (Lipinski definition) is 1. The van der Waals surface area contributed by atoms with Crippen LogP contribution in [0.15, 0.2) is 47.5 Å². The summed E-state index contributed by atoms with van der Waals surface area (Å²) in [4.78, 5) is 28.4. The van der Waals surface area contributed by atoms with Gasteiger partial charge in [0.05, 0.1) is 10.2 Å². The summed E-state index contributed by atoms with van der Waals surface area (Å²) in [6.07, 6.45) is 0. The van der Waals surface area contributed by atoms with Gasteiger partial charge in [-0.3, -0.25) is 4.79 Å². The molecule has 0 radical (unpaired) electrons. The van der Waals surface area contributed by atoms with Crippen molar-refractivity contribution in [2.45, 2.75) is 19.9 Å². The van der Waals surface area contributed by atoms with Crippen LogP contribution in [-0.4, -0.2) is 21.6 Å². The second kappa shape index (κ2) is 6.82. The highest BCUT2D eigenvalue weighted by molar-refractivity contribution is 7.16. The third-order valence-corrected chi connectivity index (χ3v) is 5.08. The molecule has 1 atom stereocenters. The number of fused-ring (bicyclic) bond motifs is 1. The Kier molecular flexibility index (Phi) is 4.74. The van der Waals surface area contributed by atoms with Crippen LogP contribution in [0.3, 0.4) is 0 Å². The van der Waals surface area contributed by atoms with E-state index in [1.54, 1.807) is 41.8 Å². The molecule has 0 aliphatic heterocycles. The molecular formula is C18H15ClN2O3S. The average Bonchev–Trinajstić information content (AvgIpc) is 2.91. The van der Waals surface area contributed by atoms with E-state index in [4.69, 9.17) is 11.6 Å². The van der Waals surface area contributed by atoms with E-state index in [1.807, 2.05) is 19.1 Å². The number of carboxylic acids is 1. The highest BCUT2D eigenvalue weighted by atomic mass is 35.5. The molecule has 2 aromatic carbocycles. The minimum atomic E-state index is -1.00. The van der Waals surface area contributed by atoms with Crippen LogP contribution in [0.25, 0.3) is 10.2 Å². The Bertz CT molecular complexity index is 1030. The molecule has 0 aliphatic carbocycles. The molecule has 0 saturated carbocycles. The predicted octanol–water partition coefficient (Wildman–Crippen LogP) is 4.05. The first-order chi connectivity index (χ1) is 11.9. The summed E-state index contributed by atoms with van der Waals surface area (Å²) in [7, 11) is 0. The van der Waals surface area contributed by atoms with Crippen molar-refractivity contribution in [1.82, 2.24) is 4.57 Å². The highest BCUT2D eigenvalue weighted by Crippen LogP contribution is 2.24. The van der Waals surface area contributed by atoms with Gasteiger partial charge in [-0.25, -0.2) is 4.79 Å². The fraction of sp³-hybridized carbons (Fsp3) is 0.167. The maximum atomic E-state index is 12.5. The van der Waals surface area contributed by atoms with Crippen LogP contribution in [0.1, 0.15) is 28.9 Å². The summed E-state index contributed by atoms with van der Waals surface area (Å²) in [6.45, 7) is 3.49. The number of benzene rings is 2. The number of carbonyl (C=O) groups excluding carboxylic acids is 1. The van der Waals surface area contributed by atoms with Gasteiger partial charge in [0.25, 0.3) is 5.91 Å². The number of carbonyl (C=O) groups is 2. The maximum absolute atomic E-state index is 12.5. The Morgan fingerprint density at radius 2 is 1.88 bits per heavy atom. The molecule has 1 N–H and O–H groups in total. The van der Waals surface area contributed by atoms with E-state index < -0.39 is 17.9 Å². The summed E-state index contributed by atoms with van der Waals surface area (Å²) in [6, 6.07) is 11.4. The van der Waals surface area contributed by atoms with Gasteiger partial charge in [0, 0.05) is 10.6 Å². The standard InChI is InChI=1S/C18H15ClN2O3S/c1-10-3-5-12(6-4-10)16(22)20-18-21(11(2)17(23)24)14-8-7-13(19)9-15(14)25-18/h3-9,11H,1-2H3,(H,23,24). The van der Waals surface area contributed by atoms with Crippen LogP contribution < -0.4 is 4.80 Å². The number of aliphatic carboxylic acids is 1. The van der Waals surface area contributed by atoms with Crippen molar-refractivity contribution in [3.63, 3.8) is 0 Å². The maximum Gasteiger partial charge on any atom is 0.326 e. The number of aromatic nitrogens is 1. The van der Waals surface area contributed by atoms with Crippen molar-refractivity contribution in [3.05, 3.63) is 63.4 Å². The molecular weight excluding hydrogens is 360 g/mol. The Balaban J connectivity index is 2.20. The summed E-state index contributed by atoms with van der Waals surface area (Å²) < 4.78 is 2.32. The molecule has 1 unspecified atom stereocenters. The lowest BCUT2D eigenvalue weighted by Crippen LogP contribution is -2.25. The van der Waals surface area contributed by atoms with Crippen molar-refractivity contribution < 1.29 is 14.7 Å². The summed E-state index contributed by atoms with van der Waals surface area (Å²) >= 11 is 7.26. The number of aryl methyl sites for hydroxylation is 1. The summed E-state index contributed by atoms with van der Waals surface area (Å²) in [5.74, 6) is -1.41. The molecule has 1 amide bonds. The fourth-order valence-electron chi connectivity index (χ4n) is 2.43. The van der Waals surface area contributed by atoms with E-state index in [0.717, 1.165) is 10.3 Å². The molecule has 128 valence electrons. The molecule has 1 heterocycles. The number of carboxylic acid groups (broad SMARTS) is 1. The number of hydrogen-bond acceptors (Lipinski definition) is 3. The monoisotopic (exact) mass is 374 g/mol. The Morgan fingerprint density at radius 1 is 1.20 bits per heavy atom. The molecule has 0 spiro atoms. The van der Waals surface area contributed by atoms with Crippen molar-refractivity contribution in [2.24, 2.45) is 4.99 Å². The zero-order valence-corrected chi connectivity index (χ0v) is 15.1. The van der Waals surface area contributed by atoms with Crippen LogP contribution in [-0.2, 0) is 4.79 Å². The average molecular weight is 375 g/mol. The van der Waals surface area contributed by atoms with Gasteiger partial charge < -0.3 is 9.67 Å². The fourth-order valence-corrected chi connectivity index (χ4v) is 3.80. The van der Waals surface area contributed by atoms with Crippen molar-refractivity contribution in [1.29, 1.82) is 0 Å². The lowest BCUT2D eigenvalue weighted by Gasteiger charge is -2.10. The lowest BCUT2D eigenvalue weighted by atomic mass is 10.1. The van der Waals surface area contributed by atoms with Crippen LogP contribution in [0.4, 0.5) is 0 Å². The molecule has 5 nitrogen and oxygen atoms in total. The Labute approximate surface area is 152 Å². The van der Waals surface area contributed by atoms with Crippen molar-refractivity contribution in [2.75, 3.05) is 0 Å². The second-order valence-corrected chi connectivity index (χ2v) is 7.11. The number of halogens is 1. The van der Waals surface area contributed by atoms with E-state index in [0.29, 0.717) is 20.9 Å². The molecule has 3 rings (SSSR count). The Hall–Kier alpha value is -2.44. The lowest BCUT2D eigenvalue weighted by molar-refractivity contribution is -0.140. The van der Waals surface area contributed by atoms with Crippen LogP contribution in [0.5, 0.6) is 0 Å². The smallest absolute Gasteiger partial charge is 0.326 e. The largest absolute Gasteiger partial charge is 0.480 e. The first-order valence-corrected chi connectivity index (χ1v) is 8.75. The van der Waals surface area contributed by atoms with E-state index in [2.05, 4.69) is 4.99 Å². The second-order valence-electron chi connectivity index (χ2n) is 5.66. The summed E-state index contributed by atoms with van der Waals surface area (Å²) in [5.41, 5.74) is 2.18. The van der Waals surface area contributed by atoms with E-state index in [1.165, 1.54) is 11.3 Å². The third-order valence-electron chi connectivity index (χ3n) is 3.83. The SMILES string of the molecule is Cc1ccc(C(=O)N=c2sc3cc(Cl)ccc3n2C(C)C(=O)O)cc1. The van der Waals surface area contributed by atoms with Crippen LogP contribution in [0.2, 0.25) is 5.02 Å². The first-order valence-electron chi connectivity index (χ1n) is 7.56. The molecule has 25 heavy (non-hydrogen) atoms. The topological polar surface area (TPSA) is 71.7 Å². The Morgan fingerprint density at radius 3 is 2.52 bits per heavy atom. The molecule has 3 aromatic rings. The zero-order valence-electron chi connectivity index (χ0n) is 13.6. The molecule has 0 saturated heterocycles. The normalized spacial score (nSPS) is 13.2. The summed E-state index contributed by atoms with van der Waals surface area (Å²) in [5, 5.41) is 9.95. The van der Waals surface area contributed by atoms with Gasteiger partial charge in [0.2, 0.25) is 0 Å². The number of thiazole rings is 1. The highest BCUT2D eigenvalue weighted by Gasteiger charge is 2.19. The van der Waals surface area contributed by atoms with E-state index in [-0.39, 0.29) is 0 Å². The van der Waals surface area contributed by atoms with Gasteiger partial charge in [-0.15, -0.1) is 0 Å². The van der Waals surface area contributed by atoms with E-state index >= 15 is 0 Å². The quantitative estimate of drug-likeness (QED) is 0.751. The van der Waals surface area contributed by atoms with Gasteiger partial charge in [-0.05, 0) is 44.2 Å². The number of nitrogens with zero attached hydrogens (tertiary/aromatic N) is 2. The van der Waals surface area contributed by atoms with Gasteiger partial charge in [0.15, 0.2) is 4.80 Å². The minimum absolute atomic E-state index is 0.331. The van der Waals surface area contributed by atoms with Crippen LogP contribution in [0, 0.1) is 6.92 Å². The molecule has 7 heteroatoms. The van der Waals surface area contributed by atoms with Gasteiger partial charge in [-0.2, -0.15) is 4.99 Å². The van der Waals surface area contributed by atoms with Crippen molar-refractivity contribution in [3.8, 4) is 0 Å².